The topological polar surface area (TPSA) is 123 Å². The molecule has 7 nitrogen and oxygen atoms in total. The largest absolute Gasteiger partial charge is 0.480 e. The molecule has 0 unspecified atom stereocenters. The van der Waals surface area contributed by atoms with Gasteiger partial charge in [0, 0.05) is 12.5 Å². The van der Waals surface area contributed by atoms with E-state index < -0.39 is 23.8 Å². The first kappa shape index (κ1) is 16.0. The molecule has 8 heteroatoms. The molecule has 0 spiro atoms. The Balaban J connectivity index is 2.55. The van der Waals surface area contributed by atoms with E-state index in [9.17, 15) is 14.4 Å². The Morgan fingerprint density at radius 2 is 2.15 bits per heavy atom. The highest BCUT2D eigenvalue weighted by Gasteiger charge is 2.19. The number of nitrogens with two attached hydrogens (primary N) is 1. The zero-order valence-electron chi connectivity index (χ0n) is 10.3. The molecule has 4 N–H and O–H groups in total. The Labute approximate surface area is 122 Å². The number of aliphatic carboxylic acids is 1. The van der Waals surface area contributed by atoms with Crippen molar-refractivity contribution in [3.05, 3.63) is 28.6 Å². The summed E-state index contributed by atoms with van der Waals surface area (Å²) in [4.78, 5) is 33.1. The summed E-state index contributed by atoms with van der Waals surface area (Å²) in [6, 6.07) is 2.13. The minimum Gasteiger partial charge on any atom is -0.480 e. The summed E-state index contributed by atoms with van der Waals surface area (Å²) < 4.78 is 5.65. The number of carboxylic acids is 1. The maximum atomic E-state index is 11.6. The Morgan fingerprint density at radius 1 is 1.45 bits per heavy atom. The number of carboxylic acid groups (broad SMARTS) is 1. The van der Waals surface area contributed by atoms with Gasteiger partial charge in [-0.25, -0.2) is 4.79 Å². The minimum atomic E-state index is -1.23. The van der Waals surface area contributed by atoms with E-state index in [4.69, 9.17) is 15.3 Å². The second-order valence-corrected chi connectivity index (χ2v) is 4.66. The van der Waals surface area contributed by atoms with Crippen LogP contribution >= 0.6 is 15.9 Å². The summed E-state index contributed by atoms with van der Waals surface area (Å²) in [7, 11) is 0. The number of furan rings is 1. The second kappa shape index (κ2) is 7.49. The van der Waals surface area contributed by atoms with E-state index >= 15 is 0 Å². The van der Waals surface area contributed by atoms with Crippen LogP contribution in [0.5, 0.6) is 0 Å². The van der Waals surface area contributed by atoms with Crippen molar-refractivity contribution in [2.45, 2.75) is 18.9 Å². The van der Waals surface area contributed by atoms with Crippen LogP contribution in [0.2, 0.25) is 0 Å². The van der Waals surface area contributed by atoms with Crippen molar-refractivity contribution in [3.63, 3.8) is 0 Å². The van der Waals surface area contributed by atoms with Gasteiger partial charge in [-0.05, 0) is 40.6 Å². The predicted octanol–water partition coefficient (Wildman–Crippen LogP) is 0.890. The molecule has 1 aromatic heterocycles. The van der Waals surface area contributed by atoms with E-state index in [-0.39, 0.29) is 12.8 Å². The normalized spacial score (nSPS) is 12.2. The van der Waals surface area contributed by atoms with Gasteiger partial charge in [0.2, 0.25) is 11.8 Å². The zero-order chi connectivity index (χ0) is 15.1. The molecule has 0 saturated carbocycles. The van der Waals surface area contributed by atoms with Crippen LogP contribution in [0.4, 0.5) is 0 Å². The van der Waals surface area contributed by atoms with Gasteiger partial charge in [0.1, 0.15) is 11.8 Å². The first-order valence-corrected chi connectivity index (χ1v) is 6.43. The number of hydrogen-bond donors (Lipinski definition) is 3. The van der Waals surface area contributed by atoms with Crippen molar-refractivity contribution in [1.82, 2.24) is 5.32 Å². The van der Waals surface area contributed by atoms with Crippen molar-refractivity contribution >= 4 is 39.8 Å². The lowest BCUT2D eigenvalue weighted by molar-refractivity contribution is -0.141. The lowest BCUT2D eigenvalue weighted by Crippen LogP contribution is -2.40. The van der Waals surface area contributed by atoms with Crippen LogP contribution in [0.15, 0.2) is 27.3 Å². The third-order valence-electron chi connectivity index (χ3n) is 2.29. The number of nitrogens with one attached hydrogen (secondary N) is 1. The molecule has 0 fully saturated rings. The summed E-state index contributed by atoms with van der Waals surface area (Å²) >= 11 is 3.11. The van der Waals surface area contributed by atoms with Crippen LogP contribution < -0.4 is 11.1 Å². The van der Waals surface area contributed by atoms with Crippen molar-refractivity contribution in [1.29, 1.82) is 0 Å². The van der Waals surface area contributed by atoms with E-state index in [1.165, 1.54) is 6.08 Å². The summed E-state index contributed by atoms with van der Waals surface area (Å²) in [6.45, 7) is 0. The SMILES string of the molecule is NC(=O)CC[C@H](NC(=O)/C=C/c1ccc(Br)o1)C(=O)O. The van der Waals surface area contributed by atoms with Gasteiger partial charge in [-0.1, -0.05) is 0 Å². The van der Waals surface area contributed by atoms with Crippen molar-refractivity contribution in [2.24, 2.45) is 5.73 Å². The third kappa shape index (κ3) is 5.70. The first-order valence-electron chi connectivity index (χ1n) is 5.63. The molecule has 0 aliphatic carbocycles. The molecular weight excluding hydrogens is 332 g/mol. The number of hydrogen-bond acceptors (Lipinski definition) is 4. The Morgan fingerprint density at radius 3 is 2.65 bits per heavy atom. The molecule has 1 rings (SSSR count). The smallest absolute Gasteiger partial charge is 0.326 e. The monoisotopic (exact) mass is 344 g/mol. The molecule has 0 bridgehead atoms. The Bertz CT molecular complexity index is 538. The van der Waals surface area contributed by atoms with E-state index in [1.54, 1.807) is 12.1 Å². The second-order valence-electron chi connectivity index (χ2n) is 3.88. The standard InChI is InChI=1S/C12H13BrN2O5/c13-9-4-1-7(20-9)2-6-11(17)15-8(12(18)19)3-5-10(14)16/h1-2,4,6,8H,3,5H2,(H2,14,16)(H,15,17)(H,18,19)/b6-2+/t8-/m0/s1. The minimum absolute atomic E-state index is 0.0590. The van der Waals surface area contributed by atoms with E-state index in [2.05, 4.69) is 21.2 Å². The molecule has 1 heterocycles. The van der Waals surface area contributed by atoms with Gasteiger partial charge in [-0.2, -0.15) is 0 Å². The average Bonchev–Trinajstić information content (AvgIpc) is 2.77. The lowest BCUT2D eigenvalue weighted by Gasteiger charge is -2.11. The molecule has 0 aliphatic heterocycles. The molecule has 20 heavy (non-hydrogen) atoms. The maximum Gasteiger partial charge on any atom is 0.326 e. The highest BCUT2D eigenvalue weighted by atomic mass is 79.9. The predicted molar refractivity (Wildman–Crippen MR) is 73.4 cm³/mol. The van der Waals surface area contributed by atoms with Gasteiger partial charge in [0.15, 0.2) is 4.67 Å². The van der Waals surface area contributed by atoms with E-state index in [0.29, 0.717) is 10.4 Å². The van der Waals surface area contributed by atoms with Crippen molar-refractivity contribution < 1.29 is 23.9 Å². The maximum absolute atomic E-state index is 11.6. The first-order chi connectivity index (χ1) is 9.38. The fourth-order valence-electron chi connectivity index (χ4n) is 1.34. The molecular formula is C12H13BrN2O5. The molecule has 0 aliphatic rings. The number of rotatable bonds is 7. The molecule has 0 aromatic carbocycles. The van der Waals surface area contributed by atoms with Crippen LogP contribution in [-0.2, 0) is 14.4 Å². The molecule has 0 radical (unpaired) electrons. The fourth-order valence-corrected chi connectivity index (χ4v) is 1.66. The van der Waals surface area contributed by atoms with Crippen LogP contribution in [0.1, 0.15) is 18.6 Å². The van der Waals surface area contributed by atoms with E-state index in [1.807, 2.05) is 0 Å². The number of carbonyl (C=O) groups is 3. The summed E-state index contributed by atoms with van der Waals surface area (Å²) in [6.07, 6.45) is 2.36. The van der Waals surface area contributed by atoms with Gasteiger partial charge >= 0.3 is 5.97 Å². The zero-order valence-corrected chi connectivity index (χ0v) is 11.9. The van der Waals surface area contributed by atoms with Crippen LogP contribution in [0.25, 0.3) is 6.08 Å². The highest BCUT2D eigenvalue weighted by Crippen LogP contribution is 2.14. The molecule has 0 saturated heterocycles. The summed E-state index contributed by atoms with van der Waals surface area (Å²) in [5.74, 6) is -2.01. The number of halogens is 1. The lowest BCUT2D eigenvalue weighted by atomic mass is 10.1. The van der Waals surface area contributed by atoms with E-state index in [0.717, 1.165) is 6.08 Å². The Hall–Kier alpha value is -2.09. The van der Waals surface area contributed by atoms with Gasteiger partial charge in [0.05, 0.1) is 0 Å². The fraction of sp³-hybridized carbons (Fsp3) is 0.250. The summed E-state index contributed by atoms with van der Waals surface area (Å²) in [5, 5.41) is 11.2. The Kier molecular flexibility index (Phi) is 5.98. The summed E-state index contributed by atoms with van der Waals surface area (Å²) in [5.41, 5.74) is 4.93. The number of amides is 2. The third-order valence-corrected chi connectivity index (χ3v) is 2.71. The van der Waals surface area contributed by atoms with Crippen molar-refractivity contribution in [3.8, 4) is 0 Å². The molecule has 1 aromatic rings. The number of primary amides is 1. The van der Waals surface area contributed by atoms with Crippen LogP contribution in [0, 0.1) is 0 Å². The molecule has 108 valence electrons. The van der Waals surface area contributed by atoms with Gasteiger partial charge in [-0.3, -0.25) is 9.59 Å². The molecule has 1 atom stereocenters. The molecule has 2 amide bonds. The van der Waals surface area contributed by atoms with Crippen molar-refractivity contribution in [2.75, 3.05) is 0 Å². The van der Waals surface area contributed by atoms with Crippen LogP contribution in [-0.4, -0.2) is 28.9 Å². The van der Waals surface area contributed by atoms with Gasteiger partial charge in [-0.15, -0.1) is 0 Å². The van der Waals surface area contributed by atoms with Gasteiger partial charge in [0.25, 0.3) is 0 Å². The quantitative estimate of drug-likeness (QED) is 0.634. The van der Waals surface area contributed by atoms with Crippen LogP contribution in [0.3, 0.4) is 0 Å². The number of carbonyl (C=O) groups excluding carboxylic acids is 2. The highest BCUT2D eigenvalue weighted by molar-refractivity contribution is 9.10. The average molecular weight is 345 g/mol. The van der Waals surface area contributed by atoms with Gasteiger partial charge < -0.3 is 20.6 Å².